The molecule has 0 bridgehead atoms. The maximum atomic E-state index is 13.0. The lowest BCUT2D eigenvalue weighted by Crippen LogP contribution is -2.35. The molecule has 1 N–H and O–H groups in total. The third kappa shape index (κ3) is 4.43. The molecule has 2 aromatic heterocycles. The third-order valence-electron chi connectivity index (χ3n) is 6.72. The summed E-state index contributed by atoms with van der Waals surface area (Å²) in [7, 11) is 1.83. The average Bonchev–Trinajstić information content (AvgIpc) is 3.38. The highest BCUT2D eigenvalue weighted by Gasteiger charge is 2.24. The van der Waals surface area contributed by atoms with Crippen LogP contribution in [0.25, 0.3) is 15.9 Å². The van der Waals surface area contributed by atoms with Gasteiger partial charge in [-0.3, -0.25) is 14.3 Å². The smallest absolute Gasteiger partial charge is 0.295 e. The summed E-state index contributed by atoms with van der Waals surface area (Å²) in [5, 5.41) is 4.10. The molecule has 0 unspecified atom stereocenters. The first-order valence-electron chi connectivity index (χ1n) is 11.7. The summed E-state index contributed by atoms with van der Waals surface area (Å²) in [4.78, 5) is 32.9. The van der Waals surface area contributed by atoms with Crippen molar-refractivity contribution >= 4 is 33.1 Å². The van der Waals surface area contributed by atoms with E-state index in [4.69, 9.17) is 4.98 Å². The van der Waals surface area contributed by atoms with Gasteiger partial charge in [0, 0.05) is 25.9 Å². The molecule has 0 spiro atoms. The maximum Gasteiger partial charge on any atom is 0.295 e. The number of amides is 1. The molecule has 5 rings (SSSR count). The van der Waals surface area contributed by atoms with Gasteiger partial charge in [0.1, 0.15) is 5.69 Å². The van der Waals surface area contributed by atoms with E-state index in [2.05, 4.69) is 28.4 Å². The fourth-order valence-corrected chi connectivity index (χ4v) is 5.78. The van der Waals surface area contributed by atoms with Gasteiger partial charge in [0.25, 0.3) is 5.56 Å². The number of aromatic nitrogens is 3. The number of benzene rings is 2. The SMILES string of the molecule is Cc1c(NC(=O)CCN2CCC(c3nc4ccccc4s3)CC2)c(=O)n(-c2ccccc2)n1C. The number of piperidine rings is 1. The second-order valence-corrected chi connectivity index (χ2v) is 9.93. The first kappa shape index (κ1) is 22.6. The molecular weight excluding hydrogens is 446 g/mol. The number of carbonyl (C=O) groups is 1. The molecule has 1 aliphatic rings. The summed E-state index contributed by atoms with van der Waals surface area (Å²) < 4.78 is 4.61. The maximum absolute atomic E-state index is 13.0. The van der Waals surface area contributed by atoms with Gasteiger partial charge in [-0.15, -0.1) is 11.3 Å². The number of para-hydroxylation sites is 2. The number of likely N-dealkylation sites (tertiary alicyclic amines) is 1. The van der Waals surface area contributed by atoms with Crippen molar-refractivity contribution in [3.63, 3.8) is 0 Å². The Morgan fingerprint density at radius 3 is 2.53 bits per heavy atom. The molecule has 7 nitrogen and oxygen atoms in total. The van der Waals surface area contributed by atoms with Gasteiger partial charge in [0.05, 0.1) is 26.6 Å². The summed E-state index contributed by atoms with van der Waals surface area (Å²) in [6.45, 7) is 4.46. The third-order valence-corrected chi connectivity index (χ3v) is 7.92. The molecule has 0 radical (unpaired) electrons. The van der Waals surface area contributed by atoms with E-state index in [9.17, 15) is 9.59 Å². The minimum atomic E-state index is -0.212. The molecule has 1 aliphatic heterocycles. The molecule has 34 heavy (non-hydrogen) atoms. The van der Waals surface area contributed by atoms with Crippen LogP contribution in [0.4, 0.5) is 5.69 Å². The minimum Gasteiger partial charge on any atom is -0.320 e. The van der Waals surface area contributed by atoms with Gasteiger partial charge in [-0.05, 0) is 57.1 Å². The van der Waals surface area contributed by atoms with Crippen molar-refractivity contribution in [2.75, 3.05) is 25.0 Å². The van der Waals surface area contributed by atoms with Gasteiger partial charge < -0.3 is 10.2 Å². The van der Waals surface area contributed by atoms with Crippen molar-refractivity contribution in [1.29, 1.82) is 0 Å². The van der Waals surface area contributed by atoms with E-state index in [0.29, 0.717) is 24.6 Å². The fraction of sp³-hybridized carbons (Fsp3) is 0.346. The van der Waals surface area contributed by atoms with Crippen molar-refractivity contribution in [2.45, 2.75) is 32.1 Å². The Balaban J connectivity index is 1.16. The number of hydrogen-bond acceptors (Lipinski definition) is 5. The molecule has 3 heterocycles. The van der Waals surface area contributed by atoms with Crippen LogP contribution in [0.1, 0.15) is 35.9 Å². The Morgan fingerprint density at radius 1 is 1.09 bits per heavy atom. The van der Waals surface area contributed by atoms with Crippen LogP contribution in [-0.2, 0) is 11.8 Å². The minimum absolute atomic E-state index is 0.126. The lowest BCUT2D eigenvalue weighted by atomic mass is 9.97. The molecule has 2 aromatic carbocycles. The van der Waals surface area contributed by atoms with Gasteiger partial charge in [-0.25, -0.2) is 9.67 Å². The summed E-state index contributed by atoms with van der Waals surface area (Å²) in [6.07, 6.45) is 2.48. The number of thiazole rings is 1. The van der Waals surface area contributed by atoms with Crippen LogP contribution < -0.4 is 10.9 Å². The second-order valence-electron chi connectivity index (χ2n) is 8.87. The van der Waals surface area contributed by atoms with Crippen LogP contribution in [0.5, 0.6) is 0 Å². The Labute approximate surface area is 202 Å². The molecular formula is C26H29N5O2S. The van der Waals surface area contributed by atoms with Crippen LogP contribution in [0.2, 0.25) is 0 Å². The standard InChI is InChI=1S/C26H29N5O2S/c1-18-24(26(33)31(29(18)2)20-8-4-3-5-9-20)28-23(32)14-17-30-15-12-19(13-16-30)25-27-21-10-6-7-11-22(21)34-25/h3-11,19H,12-17H2,1-2H3,(H,28,32). The number of nitrogens with zero attached hydrogens (tertiary/aromatic N) is 4. The normalized spacial score (nSPS) is 15.1. The summed E-state index contributed by atoms with van der Waals surface area (Å²) in [6, 6.07) is 17.8. The van der Waals surface area contributed by atoms with E-state index in [1.807, 2.05) is 50.4 Å². The fourth-order valence-electron chi connectivity index (χ4n) is 4.64. The lowest BCUT2D eigenvalue weighted by Gasteiger charge is -2.30. The first-order valence-corrected chi connectivity index (χ1v) is 12.5. The molecule has 8 heteroatoms. The number of rotatable bonds is 6. The highest BCUT2D eigenvalue weighted by atomic mass is 32.1. The Morgan fingerprint density at radius 2 is 1.79 bits per heavy atom. The molecule has 0 atom stereocenters. The predicted octanol–water partition coefficient (Wildman–Crippen LogP) is 4.30. The monoisotopic (exact) mass is 475 g/mol. The van der Waals surface area contributed by atoms with Crippen molar-refractivity contribution in [3.8, 4) is 5.69 Å². The molecule has 1 saturated heterocycles. The molecule has 0 saturated carbocycles. The molecule has 1 amide bonds. The van der Waals surface area contributed by atoms with Crippen LogP contribution in [0, 0.1) is 6.92 Å². The van der Waals surface area contributed by atoms with Gasteiger partial charge in [-0.1, -0.05) is 30.3 Å². The average molecular weight is 476 g/mol. The van der Waals surface area contributed by atoms with Crippen LogP contribution in [0.3, 0.4) is 0 Å². The largest absolute Gasteiger partial charge is 0.320 e. The zero-order chi connectivity index (χ0) is 23.7. The van der Waals surface area contributed by atoms with E-state index < -0.39 is 0 Å². The van der Waals surface area contributed by atoms with Crippen molar-refractivity contribution < 1.29 is 4.79 Å². The Kier molecular flexibility index (Phi) is 6.34. The highest BCUT2D eigenvalue weighted by molar-refractivity contribution is 7.18. The van der Waals surface area contributed by atoms with E-state index >= 15 is 0 Å². The number of fused-ring (bicyclic) bond motifs is 1. The number of hydrogen-bond donors (Lipinski definition) is 1. The summed E-state index contributed by atoms with van der Waals surface area (Å²) >= 11 is 1.80. The van der Waals surface area contributed by atoms with Crippen molar-refractivity contribution in [3.05, 3.63) is 75.7 Å². The first-order chi connectivity index (χ1) is 16.5. The lowest BCUT2D eigenvalue weighted by molar-refractivity contribution is -0.116. The summed E-state index contributed by atoms with van der Waals surface area (Å²) in [5.41, 5.74) is 2.74. The summed E-state index contributed by atoms with van der Waals surface area (Å²) in [5.74, 6) is 0.366. The number of anilines is 1. The van der Waals surface area contributed by atoms with E-state index in [-0.39, 0.29) is 11.5 Å². The zero-order valence-electron chi connectivity index (χ0n) is 19.5. The van der Waals surface area contributed by atoms with E-state index in [1.165, 1.54) is 9.71 Å². The molecule has 176 valence electrons. The van der Waals surface area contributed by atoms with Gasteiger partial charge >= 0.3 is 0 Å². The van der Waals surface area contributed by atoms with Gasteiger partial charge in [0.2, 0.25) is 5.91 Å². The quantitative estimate of drug-likeness (QED) is 0.451. The van der Waals surface area contributed by atoms with Gasteiger partial charge in [-0.2, -0.15) is 0 Å². The Hall–Kier alpha value is -3.23. The van der Waals surface area contributed by atoms with E-state index in [0.717, 1.165) is 42.8 Å². The number of carbonyl (C=O) groups excluding carboxylic acids is 1. The Bertz CT molecular complexity index is 1330. The van der Waals surface area contributed by atoms with Crippen molar-refractivity contribution in [1.82, 2.24) is 19.2 Å². The zero-order valence-corrected chi connectivity index (χ0v) is 20.3. The van der Waals surface area contributed by atoms with Crippen LogP contribution in [-0.4, -0.2) is 44.8 Å². The second kappa shape index (κ2) is 9.56. The highest BCUT2D eigenvalue weighted by Crippen LogP contribution is 2.33. The van der Waals surface area contributed by atoms with E-state index in [1.54, 1.807) is 20.7 Å². The topological polar surface area (TPSA) is 72.2 Å². The van der Waals surface area contributed by atoms with Crippen LogP contribution in [0.15, 0.2) is 59.4 Å². The molecule has 0 aliphatic carbocycles. The molecule has 1 fully saturated rings. The van der Waals surface area contributed by atoms with Crippen molar-refractivity contribution in [2.24, 2.45) is 7.05 Å². The predicted molar refractivity (Wildman–Crippen MR) is 137 cm³/mol. The molecule has 4 aromatic rings. The van der Waals surface area contributed by atoms with Gasteiger partial charge in [0.15, 0.2) is 0 Å². The van der Waals surface area contributed by atoms with Crippen LogP contribution >= 0.6 is 11.3 Å². The number of nitrogens with one attached hydrogen (secondary N) is 1.